The first-order valence-electron chi connectivity index (χ1n) is 11.2. The Hall–Kier alpha value is -2.28. The number of hydrogen-bond acceptors (Lipinski definition) is 6. The predicted octanol–water partition coefficient (Wildman–Crippen LogP) is 3.40. The minimum Gasteiger partial charge on any atom is -0.491 e. The van der Waals surface area contributed by atoms with Crippen LogP contribution in [0.25, 0.3) is 0 Å². The van der Waals surface area contributed by atoms with E-state index < -0.39 is 6.10 Å². The first kappa shape index (κ1) is 21.9. The number of ether oxygens (including phenoxy) is 3. The molecule has 2 aromatic carbocycles. The van der Waals surface area contributed by atoms with E-state index in [1.165, 1.54) is 16.7 Å². The molecule has 31 heavy (non-hydrogen) atoms. The number of nitrogens with zero attached hydrogens (tertiary/aromatic N) is 2. The summed E-state index contributed by atoms with van der Waals surface area (Å²) in [5.41, 5.74) is 3.60. The van der Waals surface area contributed by atoms with Gasteiger partial charge in [-0.15, -0.1) is 0 Å². The fourth-order valence-electron chi connectivity index (χ4n) is 4.21. The van der Waals surface area contributed by atoms with Crippen molar-refractivity contribution in [3.63, 3.8) is 0 Å². The molecule has 4 rings (SSSR count). The summed E-state index contributed by atoms with van der Waals surface area (Å²) in [6.45, 7) is 12.4. The molecule has 2 heterocycles. The van der Waals surface area contributed by atoms with Crippen LogP contribution in [0.4, 0.5) is 0 Å². The zero-order valence-corrected chi connectivity index (χ0v) is 18.8. The lowest BCUT2D eigenvalue weighted by atomic mass is 10.0. The quantitative estimate of drug-likeness (QED) is 0.698. The van der Waals surface area contributed by atoms with E-state index in [4.69, 9.17) is 14.2 Å². The molecule has 0 spiro atoms. The number of aliphatic hydroxyl groups excluding tert-OH is 1. The van der Waals surface area contributed by atoms with E-state index in [0.717, 1.165) is 50.0 Å². The number of aryl methyl sites for hydroxylation is 1. The Labute approximate surface area is 185 Å². The van der Waals surface area contributed by atoms with Gasteiger partial charge in [0.15, 0.2) is 11.5 Å². The number of aliphatic hydroxyl groups is 1. The van der Waals surface area contributed by atoms with Gasteiger partial charge in [-0.1, -0.05) is 32.0 Å². The van der Waals surface area contributed by atoms with Crippen LogP contribution in [0.15, 0.2) is 36.4 Å². The second-order valence-corrected chi connectivity index (χ2v) is 8.93. The fourth-order valence-corrected chi connectivity index (χ4v) is 4.21. The lowest BCUT2D eigenvalue weighted by Gasteiger charge is -2.35. The standard InChI is InChI=1S/C25H34N2O4/c1-18(2)22-6-4-19(3)12-24(22)29-16-21(28)15-27-10-8-26(9-11-27)14-20-5-7-23-25(13-20)31-17-30-23/h4-7,12-13,18,21,28H,8-11,14-17H2,1-3H3/t21-/m0/s1. The van der Waals surface area contributed by atoms with Crippen molar-refractivity contribution in [1.82, 2.24) is 9.80 Å². The number of hydrogen-bond donors (Lipinski definition) is 1. The van der Waals surface area contributed by atoms with Gasteiger partial charge in [-0.05, 0) is 47.7 Å². The zero-order chi connectivity index (χ0) is 21.8. The molecule has 2 aliphatic rings. The van der Waals surface area contributed by atoms with Crippen molar-refractivity contribution < 1.29 is 19.3 Å². The normalized spacial score (nSPS) is 17.8. The summed E-state index contributed by atoms with van der Waals surface area (Å²) in [4.78, 5) is 4.77. The lowest BCUT2D eigenvalue weighted by Crippen LogP contribution is -2.48. The Bertz CT molecular complexity index is 878. The molecule has 0 amide bonds. The molecule has 1 saturated heterocycles. The van der Waals surface area contributed by atoms with Crippen molar-refractivity contribution in [3.8, 4) is 17.2 Å². The Balaban J connectivity index is 1.21. The number of piperazine rings is 1. The second kappa shape index (κ2) is 9.90. The average molecular weight is 427 g/mol. The van der Waals surface area contributed by atoms with Gasteiger partial charge in [0.2, 0.25) is 6.79 Å². The molecule has 0 unspecified atom stereocenters. The van der Waals surface area contributed by atoms with Crippen LogP contribution in [0.1, 0.15) is 36.5 Å². The van der Waals surface area contributed by atoms with Crippen molar-refractivity contribution in [2.75, 3.05) is 46.1 Å². The van der Waals surface area contributed by atoms with Crippen LogP contribution in [0.5, 0.6) is 17.2 Å². The zero-order valence-electron chi connectivity index (χ0n) is 18.8. The van der Waals surface area contributed by atoms with Crippen LogP contribution < -0.4 is 14.2 Å². The summed E-state index contributed by atoms with van der Waals surface area (Å²) >= 11 is 0. The Kier molecular flexibility index (Phi) is 7.00. The summed E-state index contributed by atoms with van der Waals surface area (Å²) in [6.07, 6.45) is -0.499. The third kappa shape index (κ3) is 5.70. The lowest BCUT2D eigenvalue weighted by molar-refractivity contribution is 0.0443. The van der Waals surface area contributed by atoms with Gasteiger partial charge >= 0.3 is 0 Å². The van der Waals surface area contributed by atoms with Crippen molar-refractivity contribution in [2.24, 2.45) is 0 Å². The molecule has 0 aliphatic carbocycles. The minimum absolute atomic E-state index is 0.312. The molecule has 1 fully saturated rings. The number of β-amino-alcohol motifs (C(OH)–C–C–N with tert-alkyl or cyclic N) is 1. The molecule has 6 nitrogen and oxygen atoms in total. The Morgan fingerprint density at radius 2 is 1.71 bits per heavy atom. The molecule has 0 bridgehead atoms. The highest BCUT2D eigenvalue weighted by atomic mass is 16.7. The molecule has 0 aromatic heterocycles. The first-order chi connectivity index (χ1) is 15.0. The van der Waals surface area contributed by atoms with E-state index in [-0.39, 0.29) is 0 Å². The summed E-state index contributed by atoms with van der Waals surface area (Å²) in [6, 6.07) is 12.5. The second-order valence-electron chi connectivity index (χ2n) is 8.93. The van der Waals surface area contributed by atoms with Crippen LogP contribution in [-0.4, -0.2) is 67.1 Å². The predicted molar refractivity (Wildman–Crippen MR) is 121 cm³/mol. The van der Waals surface area contributed by atoms with Gasteiger partial charge in [0.05, 0.1) is 0 Å². The van der Waals surface area contributed by atoms with Crippen LogP contribution >= 0.6 is 0 Å². The average Bonchev–Trinajstić information content (AvgIpc) is 3.21. The van der Waals surface area contributed by atoms with Crippen LogP contribution in [-0.2, 0) is 6.54 Å². The van der Waals surface area contributed by atoms with Crippen LogP contribution in [0, 0.1) is 6.92 Å². The van der Waals surface area contributed by atoms with Gasteiger partial charge in [-0.2, -0.15) is 0 Å². The molecule has 6 heteroatoms. The van der Waals surface area contributed by atoms with Crippen LogP contribution in [0.3, 0.4) is 0 Å². The van der Waals surface area contributed by atoms with Gasteiger partial charge in [0, 0.05) is 39.3 Å². The maximum Gasteiger partial charge on any atom is 0.231 e. The maximum atomic E-state index is 10.5. The molecule has 2 aromatic rings. The third-order valence-electron chi connectivity index (χ3n) is 6.00. The van der Waals surface area contributed by atoms with E-state index >= 15 is 0 Å². The van der Waals surface area contributed by atoms with Gasteiger partial charge < -0.3 is 19.3 Å². The SMILES string of the molecule is Cc1ccc(C(C)C)c(OC[C@@H](O)CN2CCN(Cc3ccc4c(c3)OCO4)CC2)c1. The highest BCUT2D eigenvalue weighted by molar-refractivity contribution is 5.44. The van der Waals surface area contributed by atoms with E-state index in [2.05, 4.69) is 60.9 Å². The van der Waals surface area contributed by atoms with Gasteiger partial charge in [0.25, 0.3) is 0 Å². The van der Waals surface area contributed by atoms with Crippen molar-refractivity contribution in [3.05, 3.63) is 53.1 Å². The summed E-state index contributed by atoms with van der Waals surface area (Å²) in [5, 5.41) is 10.5. The minimum atomic E-state index is -0.499. The molecular weight excluding hydrogens is 392 g/mol. The topological polar surface area (TPSA) is 54.4 Å². The molecular formula is C25H34N2O4. The van der Waals surface area contributed by atoms with Crippen molar-refractivity contribution in [2.45, 2.75) is 39.3 Å². The monoisotopic (exact) mass is 426 g/mol. The highest BCUT2D eigenvalue weighted by Crippen LogP contribution is 2.33. The van der Waals surface area contributed by atoms with E-state index in [9.17, 15) is 5.11 Å². The number of benzene rings is 2. The maximum absolute atomic E-state index is 10.5. The Morgan fingerprint density at radius 1 is 0.968 bits per heavy atom. The molecule has 1 atom stereocenters. The Morgan fingerprint density at radius 3 is 2.48 bits per heavy atom. The first-order valence-corrected chi connectivity index (χ1v) is 11.2. The highest BCUT2D eigenvalue weighted by Gasteiger charge is 2.21. The number of rotatable bonds is 8. The third-order valence-corrected chi connectivity index (χ3v) is 6.00. The van der Waals surface area contributed by atoms with Gasteiger partial charge in [-0.25, -0.2) is 0 Å². The fraction of sp³-hybridized carbons (Fsp3) is 0.520. The summed E-state index contributed by atoms with van der Waals surface area (Å²) in [7, 11) is 0. The molecule has 168 valence electrons. The summed E-state index contributed by atoms with van der Waals surface area (Å²) in [5.74, 6) is 2.96. The van der Waals surface area contributed by atoms with Crippen LogP contribution in [0.2, 0.25) is 0 Å². The van der Waals surface area contributed by atoms with E-state index in [1.54, 1.807) is 0 Å². The van der Waals surface area contributed by atoms with E-state index in [1.807, 2.05) is 6.07 Å². The smallest absolute Gasteiger partial charge is 0.231 e. The van der Waals surface area contributed by atoms with Gasteiger partial charge in [-0.3, -0.25) is 9.80 Å². The van der Waals surface area contributed by atoms with Crippen molar-refractivity contribution >= 4 is 0 Å². The molecule has 0 saturated carbocycles. The van der Waals surface area contributed by atoms with E-state index in [0.29, 0.717) is 25.9 Å². The molecule has 0 radical (unpaired) electrons. The molecule has 2 aliphatic heterocycles. The largest absolute Gasteiger partial charge is 0.491 e. The number of fused-ring (bicyclic) bond motifs is 1. The molecule has 1 N–H and O–H groups in total. The summed E-state index contributed by atoms with van der Waals surface area (Å²) < 4.78 is 16.9. The van der Waals surface area contributed by atoms with Crippen molar-refractivity contribution in [1.29, 1.82) is 0 Å². The van der Waals surface area contributed by atoms with Gasteiger partial charge in [0.1, 0.15) is 18.5 Å².